The second kappa shape index (κ2) is 9.05. The Morgan fingerprint density at radius 2 is 1.96 bits per heavy atom. The number of nitrogens with zero attached hydrogens (tertiary/aromatic N) is 2. The average molecular weight is 380 g/mol. The van der Waals surface area contributed by atoms with Crippen molar-refractivity contribution in [1.29, 1.82) is 5.26 Å². The minimum Gasteiger partial charge on any atom is -0.493 e. The molecule has 1 aliphatic rings. The Morgan fingerprint density at radius 1 is 1.25 bits per heavy atom. The lowest BCUT2D eigenvalue weighted by molar-refractivity contribution is -0.139. The van der Waals surface area contributed by atoms with E-state index in [2.05, 4.69) is 20.4 Å². The summed E-state index contributed by atoms with van der Waals surface area (Å²) in [6, 6.07) is 7.23. The Bertz CT molecular complexity index is 904. The van der Waals surface area contributed by atoms with Crippen LogP contribution in [0.25, 0.3) is 6.08 Å². The number of nitriles is 1. The molecule has 0 radical (unpaired) electrons. The standard InChI is InChI=1S/C22H24N2O4/c1-6-9-24-21(25)17(15(4)18(12-23)22(24)26)10-16-7-8-19(20(11-16)27-5)28-13-14(2)3/h6-8,10-11,14H,1,9,13H2,2-5H3/b17-10+. The predicted octanol–water partition coefficient (Wildman–Crippen LogP) is 3.51. The largest absolute Gasteiger partial charge is 0.493 e. The SMILES string of the molecule is C=CCN1C(=O)C(C#N)=C(C)/C(=C\c2ccc(OCC(C)C)c(OC)c2)C1=O. The Balaban J connectivity index is 2.48. The molecule has 6 nitrogen and oxygen atoms in total. The molecular formula is C22H24N2O4. The molecule has 146 valence electrons. The van der Waals surface area contributed by atoms with E-state index in [-0.39, 0.29) is 17.7 Å². The van der Waals surface area contributed by atoms with E-state index in [1.165, 1.54) is 6.08 Å². The van der Waals surface area contributed by atoms with Crippen LogP contribution in [-0.2, 0) is 9.59 Å². The molecule has 0 spiro atoms. The maximum absolute atomic E-state index is 12.8. The molecule has 1 aliphatic heterocycles. The van der Waals surface area contributed by atoms with Gasteiger partial charge in [-0.25, -0.2) is 0 Å². The number of amides is 2. The summed E-state index contributed by atoms with van der Waals surface area (Å²) in [4.78, 5) is 26.2. The molecule has 2 rings (SSSR count). The van der Waals surface area contributed by atoms with E-state index in [0.717, 1.165) is 4.90 Å². The topological polar surface area (TPSA) is 79.6 Å². The van der Waals surface area contributed by atoms with Gasteiger partial charge < -0.3 is 9.47 Å². The van der Waals surface area contributed by atoms with Crippen molar-refractivity contribution in [3.05, 3.63) is 53.1 Å². The molecular weight excluding hydrogens is 356 g/mol. The number of carbonyl (C=O) groups is 2. The van der Waals surface area contributed by atoms with Gasteiger partial charge in [-0.05, 0) is 42.2 Å². The average Bonchev–Trinajstić information content (AvgIpc) is 2.67. The van der Waals surface area contributed by atoms with Crippen molar-refractivity contribution in [2.45, 2.75) is 20.8 Å². The van der Waals surface area contributed by atoms with E-state index in [1.54, 1.807) is 38.3 Å². The summed E-state index contributed by atoms with van der Waals surface area (Å²) in [6.07, 6.45) is 3.10. The first-order valence-corrected chi connectivity index (χ1v) is 8.95. The summed E-state index contributed by atoms with van der Waals surface area (Å²) in [5, 5.41) is 9.35. The Labute approximate surface area is 165 Å². The number of rotatable bonds is 7. The Kier molecular flexibility index (Phi) is 6.78. The van der Waals surface area contributed by atoms with Crippen LogP contribution in [0.1, 0.15) is 26.3 Å². The summed E-state index contributed by atoms with van der Waals surface area (Å²) >= 11 is 0. The minimum atomic E-state index is -0.600. The fourth-order valence-corrected chi connectivity index (χ4v) is 2.74. The normalized spacial score (nSPS) is 15.9. The van der Waals surface area contributed by atoms with Gasteiger partial charge in [-0.15, -0.1) is 6.58 Å². The van der Waals surface area contributed by atoms with Crippen molar-refractivity contribution in [2.75, 3.05) is 20.3 Å². The van der Waals surface area contributed by atoms with Crippen LogP contribution in [0.5, 0.6) is 11.5 Å². The number of imide groups is 1. The maximum Gasteiger partial charge on any atom is 0.271 e. The molecule has 6 heteroatoms. The van der Waals surface area contributed by atoms with Crippen LogP contribution in [0.4, 0.5) is 0 Å². The molecule has 0 saturated heterocycles. The molecule has 28 heavy (non-hydrogen) atoms. The van der Waals surface area contributed by atoms with E-state index in [1.807, 2.05) is 6.07 Å². The zero-order valence-electron chi connectivity index (χ0n) is 16.6. The number of hydrogen-bond acceptors (Lipinski definition) is 5. The molecule has 1 heterocycles. The number of hydrogen-bond donors (Lipinski definition) is 0. The number of carbonyl (C=O) groups excluding carboxylic acids is 2. The molecule has 2 amide bonds. The van der Waals surface area contributed by atoms with Gasteiger partial charge in [0.05, 0.1) is 13.7 Å². The summed E-state index contributed by atoms with van der Waals surface area (Å²) < 4.78 is 11.1. The first-order chi connectivity index (χ1) is 13.3. The number of ether oxygens (including phenoxy) is 2. The van der Waals surface area contributed by atoms with Gasteiger partial charge in [0.15, 0.2) is 11.5 Å². The van der Waals surface area contributed by atoms with Crippen molar-refractivity contribution in [2.24, 2.45) is 5.92 Å². The van der Waals surface area contributed by atoms with Crippen molar-refractivity contribution in [3.63, 3.8) is 0 Å². The molecule has 0 aliphatic carbocycles. The molecule has 0 unspecified atom stereocenters. The van der Waals surface area contributed by atoms with Gasteiger partial charge in [0.1, 0.15) is 11.6 Å². The summed E-state index contributed by atoms with van der Waals surface area (Å²) in [5.74, 6) is 0.468. The van der Waals surface area contributed by atoms with Crippen LogP contribution >= 0.6 is 0 Å². The van der Waals surface area contributed by atoms with Gasteiger partial charge in [0.2, 0.25) is 0 Å². The van der Waals surface area contributed by atoms with Crippen molar-refractivity contribution >= 4 is 17.9 Å². The first-order valence-electron chi connectivity index (χ1n) is 8.95. The second-order valence-electron chi connectivity index (χ2n) is 6.79. The second-order valence-corrected chi connectivity index (χ2v) is 6.79. The van der Waals surface area contributed by atoms with Gasteiger partial charge in [0.25, 0.3) is 11.8 Å². The highest BCUT2D eigenvalue weighted by Crippen LogP contribution is 2.32. The van der Waals surface area contributed by atoms with Crippen LogP contribution < -0.4 is 9.47 Å². The summed E-state index contributed by atoms with van der Waals surface area (Å²) in [5.41, 5.74) is 1.30. The maximum atomic E-state index is 12.8. The lowest BCUT2D eigenvalue weighted by atomic mass is 9.93. The van der Waals surface area contributed by atoms with E-state index < -0.39 is 11.8 Å². The molecule has 0 N–H and O–H groups in total. The van der Waals surface area contributed by atoms with Crippen LogP contribution in [0, 0.1) is 17.2 Å². The molecule has 0 atom stereocenters. The zero-order valence-corrected chi connectivity index (χ0v) is 16.6. The van der Waals surface area contributed by atoms with E-state index in [0.29, 0.717) is 35.2 Å². The van der Waals surface area contributed by atoms with Crippen molar-refractivity contribution in [3.8, 4) is 17.6 Å². The van der Waals surface area contributed by atoms with Gasteiger partial charge >= 0.3 is 0 Å². The molecule has 0 bridgehead atoms. The van der Waals surface area contributed by atoms with Gasteiger partial charge in [-0.2, -0.15) is 5.26 Å². The monoisotopic (exact) mass is 380 g/mol. The van der Waals surface area contributed by atoms with Crippen LogP contribution in [0.3, 0.4) is 0 Å². The molecule has 0 aromatic heterocycles. The Hall–Kier alpha value is -3.33. The highest BCUT2D eigenvalue weighted by atomic mass is 16.5. The van der Waals surface area contributed by atoms with Crippen molar-refractivity contribution < 1.29 is 19.1 Å². The number of benzene rings is 1. The minimum absolute atomic E-state index is 0.0404. The highest BCUT2D eigenvalue weighted by molar-refractivity contribution is 6.19. The zero-order chi connectivity index (χ0) is 20.8. The summed E-state index contributed by atoms with van der Waals surface area (Å²) in [6.45, 7) is 9.87. The fourth-order valence-electron chi connectivity index (χ4n) is 2.74. The van der Waals surface area contributed by atoms with Crippen LogP contribution in [0.15, 0.2) is 47.6 Å². The highest BCUT2D eigenvalue weighted by Gasteiger charge is 2.34. The smallest absolute Gasteiger partial charge is 0.271 e. The molecule has 1 aromatic carbocycles. The Morgan fingerprint density at radius 3 is 2.54 bits per heavy atom. The van der Waals surface area contributed by atoms with E-state index >= 15 is 0 Å². The third-order valence-corrected chi connectivity index (χ3v) is 4.21. The van der Waals surface area contributed by atoms with Gasteiger partial charge in [-0.3, -0.25) is 14.5 Å². The van der Waals surface area contributed by atoms with Crippen LogP contribution in [0.2, 0.25) is 0 Å². The van der Waals surface area contributed by atoms with Crippen LogP contribution in [-0.4, -0.2) is 37.0 Å². The first kappa shape index (κ1) is 21.0. The fraction of sp³-hybridized carbons (Fsp3) is 0.318. The third kappa shape index (κ3) is 4.32. The molecule has 0 fully saturated rings. The molecule has 0 saturated carbocycles. The van der Waals surface area contributed by atoms with Gasteiger partial charge in [-0.1, -0.05) is 26.0 Å². The number of methoxy groups -OCH3 is 1. The van der Waals surface area contributed by atoms with Crippen molar-refractivity contribution in [1.82, 2.24) is 4.90 Å². The van der Waals surface area contributed by atoms with E-state index in [9.17, 15) is 14.9 Å². The lowest BCUT2D eigenvalue weighted by Gasteiger charge is -2.26. The van der Waals surface area contributed by atoms with E-state index in [4.69, 9.17) is 9.47 Å². The molecule has 1 aromatic rings. The summed E-state index contributed by atoms with van der Waals surface area (Å²) in [7, 11) is 1.55. The lowest BCUT2D eigenvalue weighted by Crippen LogP contribution is -2.42. The predicted molar refractivity (Wildman–Crippen MR) is 107 cm³/mol. The van der Waals surface area contributed by atoms with Gasteiger partial charge in [0, 0.05) is 12.1 Å². The third-order valence-electron chi connectivity index (χ3n) is 4.21. The quantitative estimate of drug-likeness (QED) is 0.411.